The number of rotatable bonds is 3. The molecule has 0 aliphatic carbocycles. The average molecular weight is 202 g/mol. The van der Waals surface area contributed by atoms with Gasteiger partial charge >= 0.3 is 0 Å². The fourth-order valence-corrected chi connectivity index (χ4v) is 0.785. The first-order chi connectivity index (χ1) is 7.35. The molecule has 0 saturated heterocycles. The highest BCUT2D eigenvalue weighted by Crippen LogP contribution is 1.92. The summed E-state index contributed by atoms with van der Waals surface area (Å²) >= 11 is 0. The second-order valence-corrected chi connectivity index (χ2v) is 2.41. The molecule has 0 saturated carbocycles. The predicted molar refractivity (Wildman–Crippen MR) is 51.4 cm³/mol. The minimum absolute atomic E-state index is 0.623. The quantitative estimate of drug-likeness (QED) is 0.442. The minimum atomic E-state index is 0.623. The lowest BCUT2D eigenvalue weighted by molar-refractivity contribution is 0.653. The second-order valence-electron chi connectivity index (χ2n) is 2.41. The van der Waals surface area contributed by atoms with Gasteiger partial charge in [-0.25, -0.2) is 10.3 Å². The van der Waals surface area contributed by atoms with E-state index < -0.39 is 0 Å². The van der Waals surface area contributed by atoms with Crippen LogP contribution < -0.4 is 5.32 Å². The Morgan fingerprint density at radius 2 is 2.00 bits per heavy atom. The summed E-state index contributed by atoms with van der Waals surface area (Å²) in [6.45, 7) is 0.896. The molecule has 0 fully saturated rings. The van der Waals surface area contributed by atoms with Gasteiger partial charge in [0.2, 0.25) is 0 Å². The van der Waals surface area contributed by atoms with Gasteiger partial charge in [-0.1, -0.05) is 0 Å². The number of nitrogens with zero attached hydrogens (tertiary/aromatic N) is 5. The van der Waals surface area contributed by atoms with Crippen LogP contribution in [0.15, 0.2) is 18.7 Å². The van der Waals surface area contributed by atoms with E-state index in [4.69, 9.17) is 15.8 Å². The Hall–Kier alpha value is -2.52. The van der Waals surface area contributed by atoms with E-state index in [1.807, 2.05) is 10.8 Å². The second kappa shape index (κ2) is 9.57. The number of hydrogen-bond donors (Lipinski definition) is 1. The summed E-state index contributed by atoms with van der Waals surface area (Å²) < 4.78 is 1.97. The Bertz CT molecular complexity index is 349. The molecule has 1 N–H and O–H groups in total. The van der Waals surface area contributed by atoms with Crippen molar-refractivity contribution in [2.75, 3.05) is 0 Å². The summed E-state index contributed by atoms with van der Waals surface area (Å²) in [5.74, 6) is 0. The third-order valence-corrected chi connectivity index (χ3v) is 1.38. The van der Waals surface area contributed by atoms with Gasteiger partial charge < -0.3 is 4.57 Å². The van der Waals surface area contributed by atoms with Crippen molar-refractivity contribution in [3.05, 3.63) is 18.7 Å². The van der Waals surface area contributed by atoms with Gasteiger partial charge in [-0.05, 0) is 6.42 Å². The largest absolute Gasteiger partial charge is 0.337 e. The number of hydrogen-bond acceptors (Lipinski definition) is 5. The first kappa shape index (κ1) is 12.5. The lowest BCUT2D eigenvalue weighted by Gasteiger charge is -1.95. The van der Waals surface area contributed by atoms with Crippen LogP contribution in [0.3, 0.4) is 0 Å². The number of nitriles is 3. The first-order valence-corrected chi connectivity index (χ1v) is 4.21. The average Bonchev–Trinajstić information content (AvgIpc) is 2.73. The fraction of sp³-hybridized carbons (Fsp3) is 0.333. The molecule has 76 valence electrons. The molecule has 6 heteroatoms. The highest BCUT2D eigenvalue weighted by Gasteiger charge is 1.87. The van der Waals surface area contributed by atoms with Crippen molar-refractivity contribution in [3.8, 4) is 18.5 Å². The van der Waals surface area contributed by atoms with Crippen molar-refractivity contribution in [2.24, 2.45) is 0 Å². The zero-order chi connectivity index (χ0) is 11.4. The Balaban J connectivity index is 0.000000336. The lowest BCUT2D eigenvalue weighted by atomic mass is 10.3. The van der Waals surface area contributed by atoms with Crippen molar-refractivity contribution in [1.29, 1.82) is 15.8 Å². The molecule has 0 aliphatic rings. The van der Waals surface area contributed by atoms with Gasteiger partial charge in [-0.2, -0.15) is 15.8 Å². The summed E-state index contributed by atoms with van der Waals surface area (Å²) in [4.78, 5) is 3.88. The fourth-order valence-electron chi connectivity index (χ4n) is 0.785. The zero-order valence-corrected chi connectivity index (χ0v) is 8.09. The molecule has 0 spiro atoms. The normalized spacial score (nSPS) is 7.27. The van der Waals surface area contributed by atoms with E-state index in [1.54, 1.807) is 17.8 Å². The molecule has 0 amide bonds. The summed E-state index contributed by atoms with van der Waals surface area (Å²) in [5.41, 5.74) is 0. The van der Waals surface area contributed by atoms with Crippen LogP contribution in [0.4, 0.5) is 0 Å². The molecule has 6 nitrogen and oxygen atoms in total. The molecule has 0 unspecified atom stereocenters. The van der Waals surface area contributed by atoms with Crippen molar-refractivity contribution in [3.63, 3.8) is 0 Å². The monoisotopic (exact) mass is 202 g/mol. The van der Waals surface area contributed by atoms with Crippen molar-refractivity contribution in [2.45, 2.75) is 19.4 Å². The van der Waals surface area contributed by atoms with Gasteiger partial charge in [0.05, 0.1) is 12.4 Å². The van der Waals surface area contributed by atoms with Crippen LogP contribution in [-0.2, 0) is 6.54 Å². The molecule has 15 heavy (non-hydrogen) atoms. The minimum Gasteiger partial charge on any atom is -0.337 e. The molecular formula is C9H10N6. The number of imidazole rings is 1. The highest BCUT2D eigenvalue weighted by molar-refractivity contribution is 4.77. The van der Waals surface area contributed by atoms with Gasteiger partial charge in [-0.3, -0.25) is 0 Å². The third-order valence-electron chi connectivity index (χ3n) is 1.38. The smallest absolute Gasteiger partial charge is 0.190 e. The summed E-state index contributed by atoms with van der Waals surface area (Å²) in [6, 6.07) is 2.10. The predicted octanol–water partition coefficient (Wildman–Crippen LogP) is 0.725. The molecule has 0 atom stereocenters. The maximum Gasteiger partial charge on any atom is 0.190 e. The molecule has 0 radical (unpaired) electrons. The van der Waals surface area contributed by atoms with Crippen molar-refractivity contribution in [1.82, 2.24) is 14.9 Å². The SMILES string of the molecule is N#CCCCn1ccnc1.N#CNC#N. The van der Waals surface area contributed by atoms with Crippen LogP contribution in [0.25, 0.3) is 0 Å². The van der Waals surface area contributed by atoms with Gasteiger partial charge in [0, 0.05) is 25.4 Å². The lowest BCUT2D eigenvalue weighted by Crippen LogP contribution is -1.92. The third kappa shape index (κ3) is 7.83. The topological polar surface area (TPSA) is 101 Å². The molecule has 0 aliphatic heterocycles. The van der Waals surface area contributed by atoms with E-state index in [1.165, 1.54) is 12.4 Å². The Morgan fingerprint density at radius 1 is 1.27 bits per heavy atom. The van der Waals surface area contributed by atoms with E-state index in [0.717, 1.165) is 13.0 Å². The summed E-state index contributed by atoms with van der Waals surface area (Å²) in [6.07, 6.45) is 9.75. The number of aromatic nitrogens is 2. The standard InChI is InChI=1S/C7H9N3.C2HN3/c8-3-1-2-5-10-6-4-9-7-10;3-1-5-2-4/h4,6-7H,1-2,5H2;5H. The van der Waals surface area contributed by atoms with Crippen LogP contribution in [0.2, 0.25) is 0 Å². The van der Waals surface area contributed by atoms with E-state index in [0.29, 0.717) is 6.42 Å². The number of aryl methyl sites for hydroxylation is 1. The number of unbranched alkanes of at least 4 members (excludes halogenated alkanes) is 1. The number of nitrogens with one attached hydrogen (secondary N) is 1. The van der Waals surface area contributed by atoms with Crippen LogP contribution in [0.1, 0.15) is 12.8 Å². The molecule has 0 aromatic carbocycles. The maximum atomic E-state index is 8.22. The van der Waals surface area contributed by atoms with E-state index in [9.17, 15) is 0 Å². The molecule has 1 aromatic heterocycles. The maximum absolute atomic E-state index is 8.22. The van der Waals surface area contributed by atoms with Crippen LogP contribution in [0.5, 0.6) is 0 Å². The zero-order valence-electron chi connectivity index (χ0n) is 8.09. The first-order valence-electron chi connectivity index (χ1n) is 4.21. The Kier molecular flexibility index (Phi) is 7.96. The molecular weight excluding hydrogens is 192 g/mol. The van der Waals surface area contributed by atoms with Crippen molar-refractivity contribution >= 4 is 0 Å². The van der Waals surface area contributed by atoms with E-state index in [-0.39, 0.29) is 0 Å². The molecule has 1 rings (SSSR count). The van der Waals surface area contributed by atoms with Crippen LogP contribution >= 0.6 is 0 Å². The highest BCUT2D eigenvalue weighted by atomic mass is 15.0. The van der Waals surface area contributed by atoms with Crippen LogP contribution in [-0.4, -0.2) is 9.55 Å². The molecule has 0 bridgehead atoms. The van der Waals surface area contributed by atoms with Gasteiger partial charge in [0.1, 0.15) is 0 Å². The van der Waals surface area contributed by atoms with Crippen molar-refractivity contribution < 1.29 is 0 Å². The van der Waals surface area contributed by atoms with Gasteiger partial charge in [0.15, 0.2) is 12.4 Å². The molecule has 1 aromatic rings. The van der Waals surface area contributed by atoms with Gasteiger partial charge in [-0.15, -0.1) is 0 Å². The molecule has 1 heterocycles. The van der Waals surface area contributed by atoms with E-state index >= 15 is 0 Å². The summed E-state index contributed by atoms with van der Waals surface area (Å²) in [7, 11) is 0. The van der Waals surface area contributed by atoms with E-state index in [2.05, 4.69) is 11.1 Å². The Labute approximate surface area is 88.0 Å². The van der Waals surface area contributed by atoms with Gasteiger partial charge in [0.25, 0.3) is 0 Å². The Morgan fingerprint density at radius 3 is 2.40 bits per heavy atom. The summed E-state index contributed by atoms with van der Waals surface area (Å²) in [5, 5.41) is 24.9. The van der Waals surface area contributed by atoms with Crippen LogP contribution in [0, 0.1) is 34.2 Å².